The number of rotatable bonds is 6. The van der Waals surface area contributed by atoms with Crippen molar-refractivity contribution in [1.82, 2.24) is 14.8 Å². The lowest BCUT2D eigenvalue weighted by Crippen LogP contribution is -2.33. The minimum absolute atomic E-state index is 0.111. The summed E-state index contributed by atoms with van der Waals surface area (Å²) in [5, 5.41) is 7.43. The van der Waals surface area contributed by atoms with Gasteiger partial charge in [-0.15, -0.1) is 0 Å². The molecule has 6 heteroatoms. The predicted octanol–water partition coefficient (Wildman–Crippen LogP) is 3.25. The fourth-order valence-electron chi connectivity index (χ4n) is 3.08. The largest absolute Gasteiger partial charge is 0.365 e. The normalized spacial score (nSPS) is 16.2. The van der Waals surface area contributed by atoms with E-state index in [0.717, 1.165) is 24.2 Å². The van der Waals surface area contributed by atoms with E-state index in [2.05, 4.69) is 15.4 Å². The SMILES string of the molecule is CCC(OC1CCCC1)C(=O)Nc1cc(C)nn1-c1ccncc1. The Morgan fingerprint density at radius 1 is 1.38 bits per heavy atom. The van der Waals surface area contributed by atoms with Crippen LogP contribution in [0, 0.1) is 6.92 Å². The van der Waals surface area contributed by atoms with E-state index in [1.807, 2.05) is 32.0 Å². The van der Waals surface area contributed by atoms with Gasteiger partial charge in [0.15, 0.2) is 0 Å². The van der Waals surface area contributed by atoms with Gasteiger partial charge in [0.05, 0.1) is 17.5 Å². The monoisotopic (exact) mass is 328 g/mol. The molecule has 0 spiro atoms. The topological polar surface area (TPSA) is 69.0 Å². The first kappa shape index (κ1) is 16.6. The number of hydrogen-bond donors (Lipinski definition) is 1. The van der Waals surface area contributed by atoms with Gasteiger partial charge in [0.1, 0.15) is 11.9 Å². The van der Waals surface area contributed by atoms with E-state index < -0.39 is 6.10 Å². The van der Waals surface area contributed by atoms with Crippen LogP contribution in [0.25, 0.3) is 5.69 Å². The Morgan fingerprint density at radius 2 is 2.08 bits per heavy atom. The second-order valence-electron chi connectivity index (χ2n) is 6.22. The van der Waals surface area contributed by atoms with Crippen LogP contribution in [0.3, 0.4) is 0 Å². The van der Waals surface area contributed by atoms with Crippen molar-refractivity contribution in [2.75, 3.05) is 5.32 Å². The van der Waals surface area contributed by atoms with Crippen LogP contribution >= 0.6 is 0 Å². The molecule has 24 heavy (non-hydrogen) atoms. The number of ether oxygens (including phenoxy) is 1. The molecule has 1 aliphatic rings. The summed E-state index contributed by atoms with van der Waals surface area (Å²) >= 11 is 0. The minimum Gasteiger partial charge on any atom is -0.365 e. The number of anilines is 1. The maximum absolute atomic E-state index is 12.6. The summed E-state index contributed by atoms with van der Waals surface area (Å²) in [4.78, 5) is 16.7. The van der Waals surface area contributed by atoms with Crippen LogP contribution in [0.4, 0.5) is 5.82 Å². The number of amides is 1. The number of carbonyl (C=O) groups is 1. The molecule has 0 aliphatic heterocycles. The highest BCUT2D eigenvalue weighted by Crippen LogP contribution is 2.24. The van der Waals surface area contributed by atoms with Crippen molar-refractivity contribution in [1.29, 1.82) is 0 Å². The van der Waals surface area contributed by atoms with Gasteiger partial charge in [-0.1, -0.05) is 19.8 Å². The molecule has 0 saturated heterocycles. The molecule has 128 valence electrons. The molecule has 3 rings (SSSR count). The summed E-state index contributed by atoms with van der Waals surface area (Å²) in [5.41, 5.74) is 1.70. The standard InChI is InChI=1S/C18H24N4O2/c1-3-16(24-15-6-4-5-7-15)18(23)20-17-12-13(2)21-22(17)14-8-10-19-11-9-14/h8-12,15-16H,3-7H2,1-2H3,(H,20,23). The number of nitrogens with one attached hydrogen (secondary N) is 1. The van der Waals surface area contributed by atoms with Gasteiger partial charge in [0.25, 0.3) is 5.91 Å². The Bertz CT molecular complexity index is 678. The first-order valence-electron chi connectivity index (χ1n) is 8.60. The van der Waals surface area contributed by atoms with Crippen molar-refractivity contribution in [3.63, 3.8) is 0 Å². The molecular formula is C18H24N4O2. The molecule has 1 unspecified atom stereocenters. The van der Waals surface area contributed by atoms with Gasteiger partial charge in [0.2, 0.25) is 0 Å². The van der Waals surface area contributed by atoms with Crippen LogP contribution in [0.5, 0.6) is 0 Å². The Balaban J connectivity index is 1.73. The third-order valence-electron chi connectivity index (χ3n) is 4.31. The summed E-state index contributed by atoms with van der Waals surface area (Å²) in [6, 6.07) is 5.57. The van der Waals surface area contributed by atoms with Crippen molar-refractivity contribution in [3.8, 4) is 5.69 Å². The lowest BCUT2D eigenvalue weighted by molar-refractivity contribution is -0.131. The van der Waals surface area contributed by atoms with E-state index in [4.69, 9.17) is 4.74 Å². The van der Waals surface area contributed by atoms with Crippen LogP contribution in [0.15, 0.2) is 30.6 Å². The number of aryl methyl sites for hydroxylation is 1. The molecule has 1 saturated carbocycles. The fourth-order valence-corrected chi connectivity index (χ4v) is 3.08. The molecule has 0 bridgehead atoms. The summed E-state index contributed by atoms with van der Waals surface area (Å²) < 4.78 is 7.71. The van der Waals surface area contributed by atoms with Crippen molar-refractivity contribution >= 4 is 11.7 Å². The number of nitrogens with zero attached hydrogens (tertiary/aromatic N) is 3. The number of hydrogen-bond acceptors (Lipinski definition) is 4. The predicted molar refractivity (Wildman–Crippen MR) is 92.1 cm³/mol. The van der Waals surface area contributed by atoms with Crippen molar-refractivity contribution in [3.05, 3.63) is 36.3 Å². The number of pyridine rings is 1. The van der Waals surface area contributed by atoms with Crippen molar-refractivity contribution in [2.24, 2.45) is 0 Å². The molecule has 1 atom stereocenters. The maximum Gasteiger partial charge on any atom is 0.254 e. The first-order chi connectivity index (χ1) is 11.7. The second-order valence-corrected chi connectivity index (χ2v) is 6.22. The highest BCUT2D eigenvalue weighted by molar-refractivity contribution is 5.93. The molecule has 2 aromatic rings. The van der Waals surface area contributed by atoms with E-state index in [0.29, 0.717) is 12.2 Å². The summed E-state index contributed by atoms with van der Waals surface area (Å²) in [6.45, 7) is 3.88. The van der Waals surface area contributed by atoms with E-state index in [9.17, 15) is 4.79 Å². The Morgan fingerprint density at radius 3 is 2.75 bits per heavy atom. The van der Waals surface area contributed by atoms with Crippen LogP contribution in [0.1, 0.15) is 44.7 Å². The third kappa shape index (κ3) is 3.82. The lowest BCUT2D eigenvalue weighted by Gasteiger charge is -2.20. The highest BCUT2D eigenvalue weighted by Gasteiger charge is 2.25. The Labute approximate surface area is 142 Å². The average molecular weight is 328 g/mol. The quantitative estimate of drug-likeness (QED) is 0.884. The Kier molecular flexibility index (Phi) is 5.25. The first-order valence-corrected chi connectivity index (χ1v) is 8.60. The molecule has 0 radical (unpaired) electrons. The second kappa shape index (κ2) is 7.57. The summed E-state index contributed by atoms with van der Waals surface area (Å²) in [6.07, 6.45) is 8.35. The summed E-state index contributed by atoms with van der Waals surface area (Å²) in [5.74, 6) is 0.539. The van der Waals surface area contributed by atoms with Gasteiger partial charge < -0.3 is 10.1 Å². The molecule has 1 fully saturated rings. The molecule has 1 aliphatic carbocycles. The van der Waals surface area contributed by atoms with Gasteiger partial charge >= 0.3 is 0 Å². The maximum atomic E-state index is 12.6. The lowest BCUT2D eigenvalue weighted by atomic mass is 10.2. The van der Waals surface area contributed by atoms with Gasteiger partial charge in [-0.3, -0.25) is 9.78 Å². The number of carbonyl (C=O) groups excluding carboxylic acids is 1. The van der Waals surface area contributed by atoms with E-state index >= 15 is 0 Å². The van der Waals surface area contributed by atoms with E-state index in [1.54, 1.807) is 17.1 Å². The zero-order chi connectivity index (χ0) is 16.9. The van der Waals surface area contributed by atoms with Gasteiger partial charge in [-0.05, 0) is 38.3 Å². The van der Waals surface area contributed by atoms with Crippen LogP contribution in [-0.2, 0) is 9.53 Å². The van der Waals surface area contributed by atoms with Crippen LogP contribution < -0.4 is 5.32 Å². The van der Waals surface area contributed by atoms with Gasteiger partial charge in [0, 0.05) is 18.5 Å². The third-order valence-corrected chi connectivity index (χ3v) is 4.31. The molecule has 2 aromatic heterocycles. The van der Waals surface area contributed by atoms with Crippen molar-refractivity contribution in [2.45, 2.75) is 58.2 Å². The molecule has 0 aromatic carbocycles. The van der Waals surface area contributed by atoms with E-state index in [1.165, 1.54) is 12.8 Å². The highest BCUT2D eigenvalue weighted by atomic mass is 16.5. The molecule has 6 nitrogen and oxygen atoms in total. The molecule has 1 N–H and O–H groups in total. The van der Waals surface area contributed by atoms with Gasteiger partial charge in [-0.2, -0.15) is 5.10 Å². The fraction of sp³-hybridized carbons (Fsp3) is 0.500. The zero-order valence-corrected chi connectivity index (χ0v) is 14.2. The molecule has 2 heterocycles. The minimum atomic E-state index is -0.422. The van der Waals surface area contributed by atoms with Crippen LogP contribution in [0.2, 0.25) is 0 Å². The zero-order valence-electron chi connectivity index (χ0n) is 14.2. The average Bonchev–Trinajstić information content (AvgIpc) is 3.23. The smallest absolute Gasteiger partial charge is 0.254 e. The number of aromatic nitrogens is 3. The molecule has 1 amide bonds. The van der Waals surface area contributed by atoms with Crippen molar-refractivity contribution < 1.29 is 9.53 Å². The van der Waals surface area contributed by atoms with Gasteiger partial charge in [-0.25, -0.2) is 4.68 Å². The Hall–Kier alpha value is -2.21. The van der Waals surface area contributed by atoms with Crippen LogP contribution in [-0.4, -0.2) is 32.9 Å². The summed E-state index contributed by atoms with van der Waals surface area (Å²) in [7, 11) is 0. The van der Waals surface area contributed by atoms with E-state index in [-0.39, 0.29) is 12.0 Å². The molecular weight excluding hydrogens is 304 g/mol.